The van der Waals surface area contributed by atoms with E-state index in [2.05, 4.69) is 32.3 Å². The van der Waals surface area contributed by atoms with E-state index in [1.807, 2.05) is 32.9 Å². The van der Waals surface area contributed by atoms with Crippen molar-refractivity contribution in [1.82, 2.24) is 14.9 Å². The quantitative estimate of drug-likeness (QED) is 0.684. The minimum absolute atomic E-state index is 0.126. The van der Waals surface area contributed by atoms with Crippen molar-refractivity contribution in [3.05, 3.63) is 41.7 Å². The van der Waals surface area contributed by atoms with Crippen LogP contribution in [0.25, 0.3) is 0 Å². The number of rotatable bonds is 5. The summed E-state index contributed by atoms with van der Waals surface area (Å²) in [6.45, 7) is 8.88. The van der Waals surface area contributed by atoms with Crippen LogP contribution in [0.15, 0.2) is 30.5 Å². The molecular weight excluding hydrogens is 432 g/mol. The first kappa shape index (κ1) is 23.8. The number of ether oxygens (including phenoxy) is 1. The largest absolute Gasteiger partial charge is 0.444 e. The molecule has 0 unspecified atom stereocenters. The molecule has 4 rings (SSSR count). The third-order valence-corrected chi connectivity index (χ3v) is 6.21. The molecule has 0 radical (unpaired) electrons. The second-order valence-electron chi connectivity index (χ2n) is 9.97. The van der Waals surface area contributed by atoms with E-state index >= 15 is 0 Å². The van der Waals surface area contributed by atoms with Gasteiger partial charge < -0.3 is 25.6 Å². The standard InChI is InChI=1S/C25H34N6O3/c1-25(2,3)34-24(33)31-14-10-18(11-15-31)17-6-8-19(9-7-17)28-23-21(22(26)32)27-16-20(29-23)30-12-4-5-13-30/h6-9,16,18H,4-5,10-15H2,1-3H3,(H2,26,32)(H,28,29). The van der Waals surface area contributed by atoms with E-state index in [0.717, 1.165) is 50.3 Å². The highest BCUT2D eigenvalue weighted by atomic mass is 16.6. The van der Waals surface area contributed by atoms with E-state index < -0.39 is 11.5 Å². The van der Waals surface area contributed by atoms with Gasteiger partial charge in [0.05, 0.1) is 6.20 Å². The number of primary amides is 1. The van der Waals surface area contributed by atoms with Gasteiger partial charge in [0.15, 0.2) is 11.5 Å². The molecule has 1 aromatic carbocycles. The third kappa shape index (κ3) is 5.76. The Balaban J connectivity index is 1.40. The molecular formula is C25H34N6O3. The van der Waals surface area contributed by atoms with Gasteiger partial charge in [-0.1, -0.05) is 12.1 Å². The zero-order chi connectivity index (χ0) is 24.3. The highest BCUT2D eigenvalue weighted by Crippen LogP contribution is 2.30. The molecule has 3 heterocycles. The number of benzene rings is 1. The molecule has 2 saturated heterocycles. The van der Waals surface area contributed by atoms with Gasteiger partial charge in [0.1, 0.15) is 11.4 Å². The van der Waals surface area contributed by atoms with Crippen molar-refractivity contribution in [2.45, 2.75) is 58.0 Å². The molecule has 0 spiro atoms. The Morgan fingerprint density at radius 2 is 1.71 bits per heavy atom. The van der Waals surface area contributed by atoms with Gasteiger partial charge in [-0.25, -0.2) is 14.8 Å². The van der Waals surface area contributed by atoms with Crippen molar-refractivity contribution in [1.29, 1.82) is 0 Å². The van der Waals surface area contributed by atoms with Gasteiger partial charge in [0.25, 0.3) is 5.91 Å². The number of nitrogens with two attached hydrogens (primary N) is 1. The minimum Gasteiger partial charge on any atom is -0.444 e. The van der Waals surface area contributed by atoms with Gasteiger partial charge in [-0.2, -0.15) is 0 Å². The number of aromatic nitrogens is 2. The lowest BCUT2D eigenvalue weighted by Crippen LogP contribution is -2.41. The molecule has 9 heteroatoms. The Labute approximate surface area is 200 Å². The fourth-order valence-corrected chi connectivity index (χ4v) is 4.44. The first-order valence-electron chi connectivity index (χ1n) is 12.0. The molecule has 0 bridgehead atoms. The normalized spacial score (nSPS) is 17.0. The number of amides is 2. The van der Waals surface area contributed by atoms with Crippen molar-refractivity contribution < 1.29 is 14.3 Å². The van der Waals surface area contributed by atoms with E-state index in [4.69, 9.17) is 10.5 Å². The van der Waals surface area contributed by atoms with Crippen LogP contribution in [0.3, 0.4) is 0 Å². The highest BCUT2D eigenvalue weighted by Gasteiger charge is 2.27. The van der Waals surface area contributed by atoms with E-state index in [9.17, 15) is 9.59 Å². The molecule has 34 heavy (non-hydrogen) atoms. The average Bonchev–Trinajstić information content (AvgIpc) is 3.33. The predicted molar refractivity (Wildman–Crippen MR) is 132 cm³/mol. The maximum atomic E-state index is 12.3. The van der Waals surface area contributed by atoms with E-state index in [0.29, 0.717) is 24.8 Å². The third-order valence-electron chi connectivity index (χ3n) is 6.21. The summed E-state index contributed by atoms with van der Waals surface area (Å²) < 4.78 is 5.49. The number of carbonyl (C=O) groups is 2. The number of hydrogen-bond donors (Lipinski definition) is 2. The summed E-state index contributed by atoms with van der Waals surface area (Å²) in [5, 5.41) is 3.22. The highest BCUT2D eigenvalue weighted by molar-refractivity contribution is 5.96. The second kappa shape index (κ2) is 9.87. The topological polar surface area (TPSA) is 114 Å². The van der Waals surface area contributed by atoms with Gasteiger partial charge in [-0.15, -0.1) is 0 Å². The van der Waals surface area contributed by atoms with Crippen LogP contribution in [0.1, 0.15) is 68.4 Å². The monoisotopic (exact) mass is 466 g/mol. The van der Waals surface area contributed by atoms with Crippen molar-refractivity contribution in [3.63, 3.8) is 0 Å². The number of hydrogen-bond acceptors (Lipinski definition) is 7. The Bertz CT molecular complexity index is 1020. The Kier molecular flexibility index (Phi) is 6.90. The number of likely N-dealkylation sites (tertiary alicyclic amines) is 1. The van der Waals surface area contributed by atoms with Gasteiger partial charge >= 0.3 is 6.09 Å². The van der Waals surface area contributed by atoms with Crippen LogP contribution in [0.5, 0.6) is 0 Å². The fourth-order valence-electron chi connectivity index (χ4n) is 4.44. The summed E-state index contributed by atoms with van der Waals surface area (Å²) >= 11 is 0. The van der Waals surface area contributed by atoms with Crippen molar-refractivity contribution in [2.24, 2.45) is 5.73 Å². The lowest BCUT2D eigenvalue weighted by molar-refractivity contribution is 0.0204. The molecule has 2 aromatic rings. The minimum atomic E-state index is -0.615. The first-order valence-corrected chi connectivity index (χ1v) is 12.0. The number of carbonyl (C=O) groups excluding carboxylic acids is 2. The number of anilines is 3. The van der Waals surface area contributed by atoms with Gasteiger partial charge in [0.2, 0.25) is 0 Å². The summed E-state index contributed by atoms with van der Waals surface area (Å²) in [5.74, 6) is 0.886. The van der Waals surface area contributed by atoms with Crippen LogP contribution >= 0.6 is 0 Å². The molecule has 9 nitrogen and oxygen atoms in total. The van der Waals surface area contributed by atoms with Gasteiger partial charge in [-0.3, -0.25) is 4.79 Å². The summed E-state index contributed by atoms with van der Waals surface area (Å²) in [6, 6.07) is 8.12. The van der Waals surface area contributed by atoms with Crippen LogP contribution in [0, 0.1) is 0 Å². The number of nitrogens with one attached hydrogen (secondary N) is 1. The summed E-state index contributed by atoms with van der Waals surface area (Å²) in [5.41, 5.74) is 7.21. The van der Waals surface area contributed by atoms with Crippen LogP contribution in [0.2, 0.25) is 0 Å². The summed E-state index contributed by atoms with van der Waals surface area (Å²) in [6.07, 6.45) is 5.40. The zero-order valence-corrected chi connectivity index (χ0v) is 20.2. The number of nitrogens with zero attached hydrogens (tertiary/aromatic N) is 4. The molecule has 2 fully saturated rings. The van der Waals surface area contributed by atoms with Crippen LogP contribution in [0.4, 0.5) is 22.1 Å². The van der Waals surface area contributed by atoms with E-state index in [1.54, 1.807) is 11.1 Å². The van der Waals surface area contributed by atoms with Gasteiger partial charge in [-0.05, 0) is 70.1 Å². The van der Waals surface area contributed by atoms with Gasteiger partial charge in [0, 0.05) is 31.9 Å². The van der Waals surface area contributed by atoms with Crippen molar-refractivity contribution in [3.8, 4) is 0 Å². The second-order valence-corrected chi connectivity index (χ2v) is 9.97. The predicted octanol–water partition coefficient (Wildman–Crippen LogP) is 4.03. The van der Waals surface area contributed by atoms with Crippen molar-refractivity contribution >= 4 is 29.3 Å². The van der Waals surface area contributed by atoms with Crippen LogP contribution in [-0.2, 0) is 4.74 Å². The lowest BCUT2D eigenvalue weighted by Gasteiger charge is -2.33. The summed E-state index contributed by atoms with van der Waals surface area (Å²) in [4.78, 5) is 37.0. The smallest absolute Gasteiger partial charge is 0.410 e. The molecule has 1 aromatic heterocycles. The molecule has 0 aliphatic carbocycles. The molecule has 182 valence electrons. The van der Waals surface area contributed by atoms with Crippen molar-refractivity contribution in [2.75, 3.05) is 36.4 Å². The molecule has 2 amide bonds. The fraction of sp³-hybridized carbons (Fsp3) is 0.520. The summed E-state index contributed by atoms with van der Waals surface area (Å²) in [7, 11) is 0. The maximum Gasteiger partial charge on any atom is 0.410 e. The SMILES string of the molecule is CC(C)(C)OC(=O)N1CCC(c2ccc(Nc3nc(N4CCCC4)cnc3C(N)=O)cc2)CC1. The molecule has 3 N–H and O–H groups in total. The Morgan fingerprint density at radius 1 is 1.06 bits per heavy atom. The molecule has 0 atom stereocenters. The molecule has 2 aliphatic rings. The van der Waals surface area contributed by atoms with E-state index in [1.165, 1.54) is 5.56 Å². The molecule has 2 aliphatic heterocycles. The van der Waals surface area contributed by atoms with E-state index in [-0.39, 0.29) is 11.8 Å². The number of piperidine rings is 1. The van der Waals surface area contributed by atoms with Crippen LogP contribution in [-0.4, -0.2) is 58.6 Å². The Hall–Kier alpha value is -3.36. The lowest BCUT2D eigenvalue weighted by atomic mass is 9.89. The average molecular weight is 467 g/mol. The maximum absolute atomic E-state index is 12.3. The Morgan fingerprint density at radius 3 is 2.29 bits per heavy atom. The molecule has 0 saturated carbocycles. The zero-order valence-electron chi connectivity index (χ0n) is 20.2. The first-order chi connectivity index (χ1) is 16.2. The van der Waals surface area contributed by atoms with Crippen LogP contribution < -0.4 is 16.0 Å².